The summed E-state index contributed by atoms with van der Waals surface area (Å²) in [5.41, 5.74) is 2.44. The molecular weight excluding hydrogens is 242 g/mol. The third-order valence-corrected chi connectivity index (χ3v) is 3.40. The summed E-state index contributed by atoms with van der Waals surface area (Å²) in [6.45, 7) is 5.41. The third kappa shape index (κ3) is 3.34. The number of ether oxygens (including phenoxy) is 1. The average Bonchev–Trinajstić information content (AvgIpc) is 3.16. The minimum absolute atomic E-state index is 0.221. The summed E-state index contributed by atoms with van der Waals surface area (Å²) >= 11 is 0. The summed E-state index contributed by atoms with van der Waals surface area (Å²) in [5, 5.41) is 2.82. The molecule has 0 aliphatic heterocycles. The summed E-state index contributed by atoms with van der Waals surface area (Å²) in [6.07, 6.45) is 1.28. The van der Waals surface area contributed by atoms with Crippen molar-refractivity contribution in [3.8, 4) is 0 Å². The number of benzene rings is 1. The van der Waals surface area contributed by atoms with Crippen LogP contribution in [-0.4, -0.2) is 24.0 Å². The Morgan fingerprint density at radius 2 is 2.00 bits per heavy atom. The Hall–Kier alpha value is -1.84. The second kappa shape index (κ2) is 5.43. The van der Waals surface area contributed by atoms with Crippen LogP contribution >= 0.6 is 0 Å². The second-order valence-corrected chi connectivity index (χ2v) is 5.08. The first-order chi connectivity index (χ1) is 8.99. The van der Waals surface area contributed by atoms with Crippen LogP contribution < -0.4 is 5.32 Å². The molecule has 1 aromatic rings. The minimum atomic E-state index is -0.756. The van der Waals surface area contributed by atoms with E-state index in [0.29, 0.717) is 5.56 Å². The fraction of sp³-hybridized carbons (Fsp3) is 0.467. The summed E-state index contributed by atoms with van der Waals surface area (Å²) < 4.78 is 5.21. The maximum atomic E-state index is 12.0. The predicted molar refractivity (Wildman–Crippen MR) is 72.0 cm³/mol. The molecule has 1 aliphatic carbocycles. The normalized spacial score (nSPS) is 15.7. The fourth-order valence-corrected chi connectivity index (χ4v) is 1.80. The zero-order valence-corrected chi connectivity index (χ0v) is 11.5. The molecule has 0 saturated heterocycles. The first kappa shape index (κ1) is 13.6. The molecule has 0 radical (unpaired) electrons. The third-order valence-electron chi connectivity index (χ3n) is 3.40. The van der Waals surface area contributed by atoms with Crippen molar-refractivity contribution >= 4 is 11.9 Å². The average molecular weight is 261 g/mol. The Morgan fingerprint density at radius 1 is 1.32 bits per heavy atom. The molecule has 1 atom stereocenters. The molecule has 102 valence electrons. The highest BCUT2D eigenvalue weighted by atomic mass is 16.5. The maximum Gasteiger partial charge on any atom is 0.339 e. The van der Waals surface area contributed by atoms with Crippen molar-refractivity contribution in [3.63, 3.8) is 0 Å². The van der Waals surface area contributed by atoms with Crippen LogP contribution in [0.4, 0.5) is 0 Å². The molecular formula is C15H19NO3. The smallest absolute Gasteiger partial charge is 0.339 e. The molecule has 4 heteroatoms. The Labute approximate surface area is 113 Å². The first-order valence-corrected chi connectivity index (χ1v) is 6.56. The van der Waals surface area contributed by atoms with Crippen molar-refractivity contribution in [3.05, 3.63) is 34.9 Å². The second-order valence-electron chi connectivity index (χ2n) is 5.08. The van der Waals surface area contributed by atoms with Gasteiger partial charge in [0.05, 0.1) is 5.56 Å². The highest BCUT2D eigenvalue weighted by Gasteiger charge is 2.27. The van der Waals surface area contributed by atoms with E-state index in [4.69, 9.17) is 4.74 Å². The van der Waals surface area contributed by atoms with Gasteiger partial charge in [0.15, 0.2) is 6.10 Å². The van der Waals surface area contributed by atoms with Gasteiger partial charge >= 0.3 is 5.97 Å². The standard InChI is InChI=1S/C15H19NO3/c1-9-5-4-6-13(10(9)2)15(18)19-11(3)14(17)16-12-7-8-12/h4-6,11-12H,7-8H2,1-3H3,(H,16,17)/t11-/m1/s1. The Morgan fingerprint density at radius 3 is 2.63 bits per heavy atom. The van der Waals surface area contributed by atoms with Crippen molar-refractivity contribution < 1.29 is 14.3 Å². The fourth-order valence-electron chi connectivity index (χ4n) is 1.80. The number of amides is 1. The van der Waals surface area contributed by atoms with Gasteiger partial charge in [-0.3, -0.25) is 4.79 Å². The summed E-state index contributed by atoms with van der Waals surface area (Å²) in [4.78, 5) is 23.8. The molecule has 1 amide bonds. The van der Waals surface area contributed by atoms with Crippen LogP contribution in [0.25, 0.3) is 0 Å². The van der Waals surface area contributed by atoms with E-state index in [0.717, 1.165) is 24.0 Å². The number of hydrogen-bond donors (Lipinski definition) is 1. The van der Waals surface area contributed by atoms with E-state index < -0.39 is 12.1 Å². The lowest BCUT2D eigenvalue weighted by Gasteiger charge is -2.14. The van der Waals surface area contributed by atoms with E-state index >= 15 is 0 Å². The van der Waals surface area contributed by atoms with E-state index in [1.54, 1.807) is 13.0 Å². The molecule has 0 aromatic heterocycles. The first-order valence-electron chi connectivity index (χ1n) is 6.56. The quantitative estimate of drug-likeness (QED) is 0.845. The SMILES string of the molecule is Cc1cccc(C(=O)O[C@H](C)C(=O)NC2CC2)c1C. The van der Waals surface area contributed by atoms with Gasteiger partial charge in [-0.15, -0.1) is 0 Å². The minimum Gasteiger partial charge on any atom is -0.449 e. The van der Waals surface area contributed by atoms with Crippen molar-refractivity contribution in [1.82, 2.24) is 5.32 Å². The van der Waals surface area contributed by atoms with Crippen molar-refractivity contribution in [2.75, 3.05) is 0 Å². The monoisotopic (exact) mass is 261 g/mol. The van der Waals surface area contributed by atoms with E-state index in [1.165, 1.54) is 0 Å². The van der Waals surface area contributed by atoms with Gasteiger partial charge in [0.2, 0.25) is 0 Å². The Balaban J connectivity index is 1.99. The topological polar surface area (TPSA) is 55.4 Å². The van der Waals surface area contributed by atoms with Gasteiger partial charge in [-0.2, -0.15) is 0 Å². The summed E-state index contributed by atoms with van der Waals surface area (Å²) in [6, 6.07) is 5.74. The van der Waals surface area contributed by atoms with E-state index in [9.17, 15) is 9.59 Å². The molecule has 0 spiro atoms. The van der Waals surface area contributed by atoms with Crippen molar-refractivity contribution in [2.45, 2.75) is 45.8 Å². The molecule has 1 N–H and O–H groups in total. The van der Waals surface area contributed by atoms with Gasteiger partial charge in [-0.05, 0) is 50.8 Å². The number of carbonyl (C=O) groups excluding carboxylic acids is 2. The molecule has 1 saturated carbocycles. The maximum absolute atomic E-state index is 12.0. The molecule has 0 heterocycles. The molecule has 19 heavy (non-hydrogen) atoms. The van der Waals surface area contributed by atoms with Gasteiger partial charge in [0, 0.05) is 6.04 Å². The zero-order chi connectivity index (χ0) is 14.0. The molecule has 2 rings (SSSR count). The summed E-state index contributed by atoms with van der Waals surface area (Å²) in [5.74, 6) is -0.666. The zero-order valence-electron chi connectivity index (χ0n) is 11.5. The van der Waals surface area contributed by atoms with Crippen LogP contribution in [0, 0.1) is 13.8 Å². The van der Waals surface area contributed by atoms with E-state index in [1.807, 2.05) is 26.0 Å². The predicted octanol–water partition coefficient (Wildman–Crippen LogP) is 2.13. The van der Waals surface area contributed by atoms with Crippen LogP contribution in [0.5, 0.6) is 0 Å². The van der Waals surface area contributed by atoms with Gasteiger partial charge in [-0.25, -0.2) is 4.79 Å². The van der Waals surface area contributed by atoms with Crippen molar-refractivity contribution in [1.29, 1.82) is 0 Å². The van der Waals surface area contributed by atoms with E-state index in [-0.39, 0.29) is 11.9 Å². The Kier molecular flexibility index (Phi) is 3.88. The summed E-state index contributed by atoms with van der Waals surface area (Å²) in [7, 11) is 0. The van der Waals surface area contributed by atoms with Crippen LogP contribution in [0.1, 0.15) is 41.3 Å². The number of hydrogen-bond acceptors (Lipinski definition) is 3. The molecule has 4 nitrogen and oxygen atoms in total. The highest BCUT2D eigenvalue weighted by Crippen LogP contribution is 2.19. The van der Waals surface area contributed by atoms with Crippen LogP contribution in [0.15, 0.2) is 18.2 Å². The highest BCUT2D eigenvalue weighted by molar-refractivity contribution is 5.93. The molecule has 0 bridgehead atoms. The van der Waals surface area contributed by atoms with Crippen LogP contribution in [0.3, 0.4) is 0 Å². The number of esters is 1. The van der Waals surface area contributed by atoms with Gasteiger partial charge in [-0.1, -0.05) is 12.1 Å². The number of aryl methyl sites for hydroxylation is 1. The van der Waals surface area contributed by atoms with Gasteiger partial charge in [0.1, 0.15) is 0 Å². The van der Waals surface area contributed by atoms with E-state index in [2.05, 4.69) is 5.32 Å². The van der Waals surface area contributed by atoms with Gasteiger partial charge in [0.25, 0.3) is 5.91 Å². The number of carbonyl (C=O) groups is 2. The number of rotatable bonds is 4. The van der Waals surface area contributed by atoms with Crippen LogP contribution in [0.2, 0.25) is 0 Å². The van der Waals surface area contributed by atoms with Crippen molar-refractivity contribution in [2.24, 2.45) is 0 Å². The molecule has 0 unspecified atom stereocenters. The molecule has 1 fully saturated rings. The molecule has 1 aliphatic rings. The number of nitrogens with one attached hydrogen (secondary N) is 1. The van der Waals surface area contributed by atoms with Gasteiger partial charge < -0.3 is 10.1 Å². The largest absolute Gasteiger partial charge is 0.449 e. The Bertz CT molecular complexity index is 506. The lowest BCUT2D eigenvalue weighted by atomic mass is 10.0. The lowest BCUT2D eigenvalue weighted by Crippen LogP contribution is -2.37. The van der Waals surface area contributed by atoms with Crippen LogP contribution in [-0.2, 0) is 9.53 Å². The molecule has 1 aromatic carbocycles. The lowest BCUT2D eigenvalue weighted by molar-refractivity contribution is -0.129.